The van der Waals surface area contributed by atoms with E-state index in [1.54, 1.807) is 46.0 Å². The van der Waals surface area contributed by atoms with Gasteiger partial charge in [-0.1, -0.05) is 0 Å². The molecule has 0 aliphatic rings. The molecule has 0 aliphatic heterocycles. The Labute approximate surface area is 90.4 Å². The summed E-state index contributed by atoms with van der Waals surface area (Å²) in [7, 11) is 0. The van der Waals surface area contributed by atoms with Gasteiger partial charge in [-0.3, -0.25) is 8.97 Å². The van der Waals surface area contributed by atoms with Crippen molar-refractivity contribution in [3.63, 3.8) is 0 Å². The van der Waals surface area contributed by atoms with E-state index in [-0.39, 0.29) is 0 Å². The molecule has 0 saturated heterocycles. The van der Waals surface area contributed by atoms with E-state index in [0.29, 0.717) is 17.2 Å². The van der Waals surface area contributed by atoms with E-state index in [2.05, 4.69) is 21.3 Å². The lowest BCUT2D eigenvalue weighted by Gasteiger charge is -2.03. The van der Waals surface area contributed by atoms with Gasteiger partial charge in [-0.2, -0.15) is 5.26 Å². The molecule has 0 amide bonds. The lowest BCUT2D eigenvalue weighted by Crippen LogP contribution is -2.01. The standard InChI is InChI=1S/C10H6N6/c11-6-8-2-1-4-16(8)9-10-14-13-7-15(10)5-3-12-9/h1-5,7H. The van der Waals surface area contributed by atoms with Crippen LogP contribution in [-0.4, -0.2) is 24.1 Å². The molecule has 0 radical (unpaired) electrons. The summed E-state index contributed by atoms with van der Waals surface area (Å²) in [6.45, 7) is 0. The van der Waals surface area contributed by atoms with Crippen LogP contribution in [0, 0.1) is 11.3 Å². The van der Waals surface area contributed by atoms with Gasteiger partial charge in [0.25, 0.3) is 0 Å². The van der Waals surface area contributed by atoms with Gasteiger partial charge < -0.3 is 0 Å². The van der Waals surface area contributed by atoms with Crippen molar-refractivity contribution in [2.45, 2.75) is 0 Å². The SMILES string of the molecule is N#Cc1cccn1-c1nccn2cnnc12. The Bertz CT molecular complexity index is 686. The third kappa shape index (κ3) is 1.09. The Kier molecular flexibility index (Phi) is 1.71. The topological polar surface area (TPSA) is 71.8 Å². The Balaban J connectivity index is 2.35. The Hall–Kier alpha value is -2.68. The second-order valence-corrected chi connectivity index (χ2v) is 3.19. The van der Waals surface area contributed by atoms with Gasteiger partial charge in [0.1, 0.15) is 18.1 Å². The first-order valence-corrected chi connectivity index (χ1v) is 4.62. The van der Waals surface area contributed by atoms with E-state index in [0.717, 1.165) is 0 Å². The van der Waals surface area contributed by atoms with Gasteiger partial charge in [-0.15, -0.1) is 10.2 Å². The van der Waals surface area contributed by atoms with Crippen molar-refractivity contribution in [1.29, 1.82) is 5.26 Å². The summed E-state index contributed by atoms with van der Waals surface area (Å²) in [5, 5.41) is 16.7. The molecule has 6 heteroatoms. The molecular formula is C10H6N6. The van der Waals surface area contributed by atoms with E-state index < -0.39 is 0 Å². The van der Waals surface area contributed by atoms with E-state index >= 15 is 0 Å². The van der Waals surface area contributed by atoms with Gasteiger partial charge in [0.2, 0.25) is 5.65 Å². The average molecular weight is 210 g/mol. The predicted molar refractivity (Wildman–Crippen MR) is 54.8 cm³/mol. The van der Waals surface area contributed by atoms with Gasteiger partial charge in [-0.25, -0.2) is 4.98 Å². The van der Waals surface area contributed by atoms with Crippen molar-refractivity contribution in [2.75, 3.05) is 0 Å². The lowest BCUT2D eigenvalue weighted by molar-refractivity contribution is 0.964. The molecule has 0 spiro atoms. The molecule has 0 unspecified atom stereocenters. The van der Waals surface area contributed by atoms with Crippen LogP contribution in [0.5, 0.6) is 0 Å². The highest BCUT2D eigenvalue weighted by Crippen LogP contribution is 2.13. The van der Waals surface area contributed by atoms with E-state index in [9.17, 15) is 0 Å². The van der Waals surface area contributed by atoms with Crippen LogP contribution in [0.25, 0.3) is 11.5 Å². The number of fused-ring (bicyclic) bond motifs is 1. The summed E-state index contributed by atoms with van der Waals surface area (Å²) in [4.78, 5) is 4.22. The summed E-state index contributed by atoms with van der Waals surface area (Å²) in [5.74, 6) is 0.599. The number of nitriles is 1. The third-order valence-corrected chi connectivity index (χ3v) is 2.29. The van der Waals surface area contributed by atoms with Gasteiger partial charge >= 0.3 is 0 Å². The first kappa shape index (κ1) is 8.61. The molecule has 0 aromatic carbocycles. The monoisotopic (exact) mass is 210 g/mol. The highest BCUT2D eigenvalue weighted by Gasteiger charge is 2.09. The fourth-order valence-electron chi connectivity index (χ4n) is 1.57. The molecule has 0 aliphatic carbocycles. The van der Waals surface area contributed by atoms with Crippen LogP contribution in [0.3, 0.4) is 0 Å². The largest absolute Gasteiger partial charge is 0.289 e. The van der Waals surface area contributed by atoms with Gasteiger partial charge in [0, 0.05) is 18.6 Å². The second-order valence-electron chi connectivity index (χ2n) is 3.19. The van der Waals surface area contributed by atoms with E-state index in [4.69, 9.17) is 5.26 Å². The number of aromatic nitrogens is 5. The molecule has 3 rings (SSSR count). The van der Waals surface area contributed by atoms with Crippen molar-refractivity contribution in [3.05, 3.63) is 42.7 Å². The molecule has 0 atom stereocenters. The van der Waals surface area contributed by atoms with Crippen molar-refractivity contribution < 1.29 is 0 Å². The molecule has 0 N–H and O–H groups in total. The number of hydrogen-bond acceptors (Lipinski definition) is 4. The minimum atomic E-state index is 0.517. The molecule has 3 heterocycles. The minimum Gasteiger partial charge on any atom is -0.289 e. The molecule has 3 aromatic rings. The van der Waals surface area contributed by atoms with Crippen LogP contribution < -0.4 is 0 Å². The number of rotatable bonds is 1. The molecule has 0 bridgehead atoms. The summed E-state index contributed by atoms with van der Waals surface area (Å²) in [6.07, 6.45) is 6.77. The van der Waals surface area contributed by atoms with Crippen molar-refractivity contribution >= 4 is 5.65 Å². The molecular weight excluding hydrogens is 204 g/mol. The Morgan fingerprint density at radius 1 is 1.31 bits per heavy atom. The van der Waals surface area contributed by atoms with Crippen molar-refractivity contribution in [1.82, 2.24) is 24.1 Å². The lowest BCUT2D eigenvalue weighted by atomic mass is 10.4. The van der Waals surface area contributed by atoms with E-state index in [1.807, 2.05) is 0 Å². The minimum absolute atomic E-state index is 0.517. The molecule has 6 nitrogen and oxygen atoms in total. The van der Waals surface area contributed by atoms with Crippen LogP contribution in [0.15, 0.2) is 37.1 Å². The summed E-state index contributed by atoms with van der Waals surface area (Å²) >= 11 is 0. The molecule has 0 fully saturated rings. The zero-order chi connectivity index (χ0) is 11.0. The molecule has 3 aromatic heterocycles. The zero-order valence-electron chi connectivity index (χ0n) is 8.15. The van der Waals surface area contributed by atoms with Gasteiger partial charge in [0.05, 0.1) is 0 Å². The van der Waals surface area contributed by atoms with Crippen LogP contribution >= 0.6 is 0 Å². The van der Waals surface area contributed by atoms with Crippen LogP contribution in [0.2, 0.25) is 0 Å². The summed E-state index contributed by atoms with van der Waals surface area (Å²) in [5.41, 5.74) is 1.14. The summed E-state index contributed by atoms with van der Waals surface area (Å²) in [6, 6.07) is 5.61. The fourth-order valence-corrected chi connectivity index (χ4v) is 1.57. The maximum atomic E-state index is 8.95. The van der Waals surface area contributed by atoms with Gasteiger partial charge in [-0.05, 0) is 12.1 Å². The van der Waals surface area contributed by atoms with Crippen LogP contribution in [0.4, 0.5) is 0 Å². The molecule has 16 heavy (non-hydrogen) atoms. The highest BCUT2D eigenvalue weighted by molar-refractivity contribution is 5.54. The zero-order valence-corrected chi connectivity index (χ0v) is 8.15. The average Bonchev–Trinajstić information content (AvgIpc) is 2.96. The molecule has 76 valence electrons. The maximum absolute atomic E-state index is 8.95. The van der Waals surface area contributed by atoms with Crippen molar-refractivity contribution in [3.8, 4) is 11.9 Å². The quantitative estimate of drug-likeness (QED) is 0.595. The maximum Gasteiger partial charge on any atom is 0.204 e. The highest BCUT2D eigenvalue weighted by atomic mass is 15.3. The van der Waals surface area contributed by atoms with Crippen molar-refractivity contribution in [2.24, 2.45) is 0 Å². The predicted octanol–water partition coefficient (Wildman–Crippen LogP) is 0.787. The van der Waals surface area contributed by atoms with Crippen LogP contribution in [0.1, 0.15) is 5.69 Å². The summed E-state index contributed by atoms with van der Waals surface area (Å²) < 4.78 is 3.44. The van der Waals surface area contributed by atoms with E-state index in [1.165, 1.54) is 0 Å². The fraction of sp³-hybridized carbons (Fsp3) is 0. The van der Waals surface area contributed by atoms with Crippen LogP contribution in [-0.2, 0) is 0 Å². The third-order valence-electron chi connectivity index (χ3n) is 2.29. The van der Waals surface area contributed by atoms with Gasteiger partial charge in [0.15, 0.2) is 5.82 Å². The smallest absolute Gasteiger partial charge is 0.204 e. The number of nitrogens with zero attached hydrogens (tertiary/aromatic N) is 6. The Morgan fingerprint density at radius 2 is 2.25 bits per heavy atom. The Morgan fingerprint density at radius 3 is 3.12 bits per heavy atom. The first-order chi connectivity index (χ1) is 7.90. The normalized spacial score (nSPS) is 10.4. The number of hydrogen-bond donors (Lipinski definition) is 0. The second kappa shape index (κ2) is 3.17. The molecule has 0 saturated carbocycles. The first-order valence-electron chi connectivity index (χ1n) is 4.62.